The van der Waals surface area contributed by atoms with Crippen LogP contribution in [-0.2, 0) is 4.79 Å². The smallest absolute Gasteiger partial charge is 0.337 e. The first-order valence-electron chi connectivity index (χ1n) is 5.96. The average molecular weight is 271 g/mol. The molecule has 2 aromatic rings. The zero-order chi connectivity index (χ0) is 14.5. The van der Waals surface area contributed by atoms with Crippen LogP contribution in [-0.4, -0.2) is 22.2 Å². The van der Waals surface area contributed by atoms with E-state index in [0.29, 0.717) is 5.56 Å². The summed E-state index contributed by atoms with van der Waals surface area (Å²) in [5.74, 6) is -2.18. The van der Waals surface area contributed by atoms with E-state index in [1.165, 1.54) is 6.07 Å². The maximum atomic E-state index is 11.4. The molecule has 0 fully saturated rings. The molecule has 0 aliphatic heterocycles. The molecule has 0 aromatic heterocycles. The van der Waals surface area contributed by atoms with Crippen molar-refractivity contribution in [1.82, 2.24) is 0 Å². The summed E-state index contributed by atoms with van der Waals surface area (Å²) in [6.07, 6.45) is 0. The van der Waals surface area contributed by atoms with Crippen molar-refractivity contribution < 1.29 is 19.8 Å². The molecule has 5 nitrogen and oxygen atoms in total. The van der Waals surface area contributed by atoms with Crippen molar-refractivity contribution in [3.63, 3.8) is 0 Å². The maximum Gasteiger partial charge on any atom is 0.337 e. The van der Waals surface area contributed by atoms with Crippen molar-refractivity contribution in [2.24, 2.45) is 0 Å². The van der Waals surface area contributed by atoms with Gasteiger partial charge in [0.1, 0.15) is 0 Å². The number of carbonyl (C=O) groups is 2. The number of rotatable bonds is 5. The van der Waals surface area contributed by atoms with Gasteiger partial charge in [-0.3, -0.25) is 0 Å². The highest BCUT2D eigenvalue weighted by molar-refractivity contribution is 5.95. The van der Waals surface area contributed by atoms with Gasteiger partial charge in [-0.1, -0.05) is 42.5 Å². The maximum absolute atomic E-state index is 11.4. The van der Waals surface area contributed by atoms with Crippen LogP contribution in [0.1, 0.15) is 22.0 Å². The third kappa shape index (κ3) is 2.95. The van der Waals surface area contributed by atoms with Gasteiger partial charge in [-0.15, -0.1) is 0 Å². The second-order valence-corrected chi connectivity index (χ2v) is 4.18. The van der Waals surface area contributed by atoms with Crippen molar-refractivity contribution in [3.8, 4) is 0 Å². The van der Waals surface area contributed by atoms with Gasteiger partial charge in [0.25, 0.3) is 0 Å². The number of benzene rings is 2. The van der Waals surface area contributed by atoms with Crippen LogP contribution < -0.4 is 5.32 Å². The number of aliphatic carboxylic acids is 1. The van der Waals surface area contributed by atoms with Gasteiger partial charge in [0.2, 0.25) is 0 Å². The number of nitrogens with one attached hydrogen (secondary N) is 1. The lowest BCUT2D eigenvalue weighted by molar-refractivity contribution is -0.138. The Kier molecular flexibility index (Phi) is 4.00. The zero-order valence-corrected chi connectivity index (χ0v) is 10.5. The van der Waals surface area contributed by atoms with Crippen LogP contribution in [0.4, 0.5) is 5.69 Å². The summed E-state index contributed by atoms with van der Waals surface area (Å²) in [6.45, 7) is 0. The minimum atomic E-state index is -1.11. The van der Waals surface area contributed by atoms with Crippen LogP contribution in [0.5, 0.6) is 0 Å². The Balaban J connectivity index is 2.35. The van der Waals surface area contributed by atoms with Crippen molar-refractivity contribution in [2.45, 2.75) is 6.04 Å². The van der Waals surface area contributed by atoms with Crippen molar-refractivity contribution >= 4 is 17.6 Å². The van der Waals surface area contributed by atoms with E-state index in [0.717, 1.165) is 0 Å². The largest absolute Gasteiger partial charge is 0.479 e. The summed E-state index contributed by atoms with van der Waals surface area (Å²) < 4.78 is 0. The molecule has 0 unspecified atom stereocenters. The van der Waals surface area contributed by atoms with E-state index in [9.17, 15) is 14.7 Å². The number of carboxylic acids is 2. The van der Waals surface area contributed by atoms with Crippen LogP contribution in [0, 0.1) is 0 Å². The highest BCUT2D eigenvalue weighted by Crippen LogP contribution is 2.23. The SMILES string of the molecule is O=C(O)c1ccccc1N[C@@H](C(=O)O)c1ccccc1. The van der Waals surface area contributed by atoms with Crippen LogP contribution in [0.3, 0.4) is 0 Å². The standard InChI is InChI=1S/C15H13NO4/c17-14(18)11-8-4-5-9-12(11)16-13(15(19)20)10-6-2-1-3-7-10/h1-9,13,16H,(H,17,18)(H,19,20)/t13-/m1/s1. The fourth-order valence-electron chi connectivity index (χ4n) is 1.88. The van der Waals surface area contributed by atoms with Crippen LogP contribution in [0.25, 0.3) is 0 Å². The molecule has 0 bridgehead atoms. The second kappa shape index (κ2) is 5.88. The first-order valence-corrected chi connectivity index (χ1v) is 5.96. The summed E-state index contributed by atoms with van der Waals surface area (Å²) in [4.78, 5) is 22.5. The monoisotopic (exact) mass is 271 g/mol. The summed E-state index contributed by atoms with van der Waals surface area (Å²) in [5, 5.41) is 21.2. The van der Waals surface area contributed by atoms with Gasteiger partial charge in [0.15, 0.2) is 6.04 Å². The number of hydrogen-bond acceptors (Lipinski definition) is 3. The van der Waals surface area contributed by atoms with E-state index in [4.69, 9.17) is 5.11 Å². The van der Waals surface area contributed by atoms with E-state index in [1.54, 1.807) is 48.5 Å². The second-order valence-electron chi connectivity index (χ2n) is 4.18. The van der Waals surface area contributed by atoms with Crippen LogP contribution in [0.15, 0.2) is 54.6 Å². The van der Waals surface area contributed by atoms with Crippen molar-refractivity contribution in [1.29, 1.82) is 0 Å². The molecule has 1 atom stereocenters. The summed E-state index contributed by atoms with van der Waals surface area (Å²) in [7, 11) is 0. The minimum absolute atomic E-state index is 0.0367. The van der Waals surface area contributed by atoms with Gasteiger partial charge in [-0.2, -0.15) is 0 Å². The number of aromatic carboxylic acids is 1. The van der Waals surface area contributed by atoms with E-state index in [2.05, 4.69) is 5.32 Å². The van der Waals surface area contributed by atoms with Crippen molar-refractivity contribution in [3.05, 3.63) is 65.7 Å². The van der Waals surface area contributed by atoms with Gasteiger partial charge < -0.3 is 15.5 Å². The normalized spacial score (nSPS) is 11.6. The summed E-state index contributed by atoms with van der Waals surface area (Å²) in [5.41, 5.74) is 0.867. The molecule has 0 aliphatic rings. The molecule has 0 amide bonds. The van der Waals surface area contributed by atoms with Crippen molar-refractivity contribution in [2.75, 3.05) is 5.32 Å². The molecule has 2 rings (SSSR count). The zero-order valence-electron chi connectivity index (χ0n) is 10.5. The summed E-state index contributed by atoms with van der Waals surface area (Å²) >= 11 is 0. The minimum Gasteiger partial charge on any atom is -0.479 e. The fraction of sp³-hybridized carbons (Fsp3) is 0.0667. The Morgan fingerprint density at radius 3 is 2.10 bits per heavy atom. The Morgan fingerprint density at radius 2 is 1.50 bits per heavy atom. The molecular formula is C15H13NO4. The quantitative estimate of drug-likeness (QED) is 0.778. The third-order valence-electron chi connectivity index (χ3n) is 2.84. The molecule has 0 spiro atoms. The van der Waals surface area contributed by atoms with E-state index in [1.807, 2.05) is 0 Å². The van der Waals surface area contributed by atoms with E-state index < -0.39 is 18.0 Å². The summed E-state index contributed by atoms with van der Waals surface area (Å²) in [6, 6.07) is 13.8. The molecule has 3 N–H and O–H groups in total. The average Bonchev–Trinajstić information content (AvgIpc) is 2.45. The predicted molar refractivity (Wildman–Crippen MR) is 73.8 cm³/mol. The molecular weight excluding hydrogens is 258 g/mol. The Bertz CT molecular complexity index is 625. The van der Waals surface area contributed by atoms with E-state index in [-0.39, 0.29) is 11.3 Å². The molecule has 0 aliphatic carbocycles. The predicted octanol–water partition coefficient (Wildman–Crippen LogP) is 2.62. The number of para-hydroxylation sites is 1. The van der Waals surface area contributed by atoms with Crippen LogP contribution >= 0.6 is 0 Å². The first-order chi connectivity index (χ1) is 9.59. The van der Waals surface area contributed by atoms with Gasteiger partial charge in [-0.25, -0.2) is 9.59 Å². The lowest BCUT2D eigenvalue weighted by Gasteiger charge is -2.17. The lowest BCUT2D eigenvalue weighted by atomic mass is 10.1. The lowest BCUT2D eigenvalue weighted by Crippen LogP contribution is -2.21. The molecule has 0 saturated carbocycles. The molecule has 0 heterocycles. The van der Waals surface area contributed by atoms with Gasteiger partial charge in [0, 0.05) is 5.69 Å². The van der Waals surface area contributed by atoms with Gasteiger partial charge in [-0.05, 0) is 17.7 Å². The Hall–Kier alpha value is -2.82. The number of carboxylic acid groups (broad SMARTS) is 2. The third-order valence-corrected chi connectivity index (χ3v) is 2.84. The highest BCUT2D eigenvalue weighted by Gasteiger charge is 2.21. The molecule has 0 saturated heterocycles. The highest BCUT2D eigenvalue weighted by atomic mass is 16.4. The molecule has 20 heavy (non-hydrogen) atoms. The van der Waals surface area contributed by atoms with Crippen LogP contribution in [0.2, 0.25) is 0 Å². The number of hydrogen-bond donors (Lipinski definition) is 3. The Labute approximate surface area is 115 Å². The van der Waals surface area contributed by atoms with E-state index >= 15 is 0 Å². The molecule has 102 valence electrons. The topological polar surface area (TPSA) is 86.6 Å². The van der Waals surface area contributed by atoms with Gasteiger partial charge >= 0.3 is 11.9 Å². The molecule has 5 heteroatoms. The van der Waals surface area contributed by atoms with Gasteiger partial charge in [0.05, 0.1) is 5.56 Å². The number of anilines is 1. The molecule has 2 aromatic carbocycles. The molecule has 0 radical (unpaired) electrons. The Morgan fingerprint density at radius 1 is 0.900 bits per heavy atom. The fourth-order valence-corrected chi connectivity index (χ4v) is 1.88. The first kappa shape index (κ1) is 13.6.